The van der Waals surface area contributed by atoms with Crippen LogP contribution in [-0.2, 0) is 11.3 Å². The molecule has 1 heterocycles. The highest BCUT2D eigenvalue weighted by Gasteiger charge is 2.40. The van der Waals surface area contributed by atoms with Gasteiger partial charge in [-0.05, 0) is 54.4 Å². The molecule has 1 N–H and O–H groups in total. The van der Waals surface area contributed by atoms with Gasteiger partial charge in [-0.3, -0.25) is 9.59 Å². The highest BCUT2D eigenvalue weighted by molar-refractivity contribution is 5.95. The molecule has 2 atom stereocenters. The van der Waals surface area contributed by atoms with Crippen LogP contribution in [0.2, 0.25) is 0 Å². The van der Waals surface area contributed by atoms with Crippen molar-refractivity contribution in [3.05, 3.63) is 101 Å². The maximum atomic E-state index is 13.2. The van der Waals surface area contributed by atoms with Crippen LogP contribution in [0.15, 0.2) is 72.8 Å². The third-order valence-electron chi connectivity index (χ3n) is 6.17. The van der Waals surface area contributed by atoms with Crippen molar-refractivity contribution >= 4 is 11.8 Å². The van der Waals surface area contributed by atoms with Crippen molar-refractivity contribution in [2.75, 3.05) is 20.2 Å². The predicted octanol–water partition coefficient (Wildman–Crippen LogP) is 4.31. The Hall–Kier alpha value is -3.67. The number of methoxy groups -OCH3 is 1. The van der Waals surface area contributed by atoms with E-state index < -0.39 is 0 Å². The summed E-state index contributed by atoms with van der Waals surface area (Å²) in [5, 5.41) is 2.97. The fourth-order valence-electron chi connectivity index (χ4n) is 4.23. The van der Waals surface area contributed by atoms with Gasteiger partial charge in [0, 0.05) is 31.1 Å². The average Bonchev–Trinajstić information content (AvgIpc) is 3.29. The van der Waals surface area contributed by atoms with Gasteiger partial charge in [-0.1, -0.05) is 42.0 Å². The van der Waals surface area contributed by atoms with E-state index in [9.17, 15) is 14.0 Å². The van der Waals surface area contributed by atoms with E-state index in [0.29, 0.717) is 30.9 Å². The summed E-state index contributed by atoms with van der Waals surface area (Å²) in [6, 6.07) is 21.2. The molecule has 0 spiro atoms. The summed E-state index contributed by atoms with van der Waals surface area (Å²) >= 11 is 0. The largest absolute Gasteiger partial charge is 0.497 e. The van der Waals surface area contributed by atoms with Crippen LogP contribution in [0, 0.1) is 18.7 Å². The number of hydrogen-bond donors (Lipinski definition) is 1. The standard InChI is InChI=1S/C27H27FN2O3/c1-18-3-7-20(8-4-18)24-16-30(27(32)21-9-13-23(33-2)14-10-21)17-25(24)26(31)29-15-19-5-11-22(28)12-6-19/h3-14,24-25H,15-17H2,1-2H3,(H,29,31)/t24-,25-/m1/s1. The smallest absolute Gasteiger partial charge is 0.253 e. The van der Waals surface area contributed by atoms with Crippen LogP contribution in [0.1, 0.15) is 33.0 Å². The Morgan fingerprint density at radius 1 is 0.970 bits per heavy atom. The first kappa shape index (κ1) is 22.5. The zero-order chi connectivity index (χ0) is 23.4. The number of carbonyl (C=O) groups excluding carboxylic acids is 2. The van der Waals surface area contributed by atoms with Gasteiger partial charge in [0.05, 0.1) is 13.0 Å². The molecule has 0 aromatic heterocycles. The summed E-state index contributed by atoms with van der Waals surface area (Å²) in [7, 11) is 1.58. The number of likely N-dealkylation sites (tertiary alicyclic amines) is 1. The molecule has 170 valence electrons. The second-order valence-corrected chi connectivity index (χ2v) is 8.41. The molecule has 5 nitrogen and oxygen atoms in total. The van der Waals surface area contributed by atoms with E-state index in [4.69, 9.17) is 4.74 Å². The molecule has 1 aliphatic rings. The number of ether oxygens (including phenoxy) is 1. The SMILES string of the molecule is COc1ccc(C(=O)N2C[C@H](c3ccc(C)cc3)[C@H](C(=O)NCc3ccc(F)cc3)C2)cc1. The summed E-state index contributed by atoms with van der Waals surface area (Å²) in [4.78, 5) is 28.1. The Morgan fingerprint density at radius 2 is 1.64 bits per heavy atom. The average molecular weight is 447 g/mol. The van der Waals surface area contributed by atoms with Crippen molar-refractivity contribution in [3.63, 3.8) is 0 Å². The minimum atomic E-state index is -0.379. The van der Waals surface area contributed by atoms with E-state index in [-0.39, 0.29) is 29.5 Å². The number of carbonyl (C=O) groups is 2. The Morgan fingerprint density at radius 3 is 2.27 bits per heavy atom. The molecule has 33 heavy (non-hydrogen) atoms. The summed E-state index contributed by atoms with van der Waals surface area (Å²) in [6.07, 6.45) is 0. The second kappa shape index (κ2) is 9.86. The molecular formula is C27H27FN2O3. The van der Waals surface area contributed by atoms with E-state index in [1.165, 1.54) is 12.1 Å². The molecule has 0 unspecified atom stereocenters. The zero-order valence-corrected chi connectivity index (χ0v) is 18.8. The van der Waals surface area contributed by atoms with Gasteiger partial charge >= 0.3 is 0 Å². The van der Waals surface area contributed by atoms with Gasteiger partial charge in [0.1, 0.15) is 11.6 Å². The van der Waals surface area contributed by atoms with Crippen molar-refractivity contribution in [2.45, 2.75) is 19.4 Å². The van der Waals surface area contributed by atoms with Crippen molar-refractivity contribution in [1.29, 1.82) is 0 Å². The van der Waals surface area contributed by atoms with Crippen LogP contribution >= 0.6 is 0 Å². The molecule has 0 radical (unpaired) electrons. The minimum absolute atomic E-state index is 0.108. The fourth-order valence-corrected chi connectivity index (χ4v) is 4.23. The molecule has 6 heteroatoms. The van der Waals surface area contributed by atoms with Crippen molar-refractivity contribution in [2.24, 2.45) is 5.92 Å². The van der Waals surface area contributed by atoms with Crippen LogP contribution in [0.25, 0.3) is 0 Å². The van der Waals surface area contributed by atoms with Crippen molar-refractivity contribution < 1.29 is 18.7 Å². The molecule has 1 aliphatic heterocycles. The number of nitrogens with one attached hydrogen (secondary N) is 1. The first-order valence-corrected chi connectivity index (χ1v) is 11.0. The normalized spacial score (nSPS) is 17.6. The summed E-state index contributed by atoms with van der Waals surface area (Å²) in [6.45, 7) is 3.12. The van der Waals surface area contributed by atoms with Crippen LogP contribution in [-0.4, -0.2) is 36.9 Å². The summed E-state index contributed by atoms with van der Waals surface area (Å²) in [5.41, 5.74) is 3.56. The topological polar surface area (TPSA) is 58.6 Å². The Kier molecular flexibility index (Phi) is 6.73. The summed E-state index contributed by atoms with van der Waals surface area (Å²) < 4.78 is 18.3. The van der Waals surface area contributed by atoms with E-state index in [2.05, 4.69) is 5.32 Å². The highest BCUT2D eigenvalue weighted by Crippen LogP contribution is 2.34. The van der Waals surface area contributed by atoms with Crippen LogP contribution in [0.3, 0.4) is 0 Å². The van der Waals surface area contributed by atoms with Crippen LogP contribution < -0.4 is 10.1 Å². The van der Waals surface area contributed by atoms with E-state index in [0.717, 1.165) is 16.7 Å². The number of nitrogens with zero attached hydrogens (tertiary/aromatic N) is 1. The van der Waals surface area contributed by atoms with Gasteiger partial charge in [0.15, 0.2) is 0 Å². The maximum Gasteiger partial charge on any atom is 0.253 e. The van der Waals surface area contributed by atoms with Gasteiger partial charge in [-0.25, -0.2) is 4.39 Å². The van der Waals surface area contributed by atoms with Gasteiger partial charge in [0.2, 0.25) is 5.91 Å². The van der Waals surface area contributed by atoms with E-state index in [1.54, 1.807) is 48.4 Å². The van der Waals surface area contributed by atoms with Crippen molar-refractivity contribution in [3.8, 4) is 5.75 Å². The Bertz CT molecular complexity index is 1110. The fraction of sp³-hybridized carbons (Fsp3) is 0.259. The summed E-state index contributed by atoms with van der Waals surface area (Å²) in [5.74, 6) is -0.341. The highest BCUT2D eigenvalue weighted by atomic mass is 19.1. The van der Waals surface area contributed by atoms with Gasteiger partial charge in [-0.15, -0.1) is 0 Å². The van der Waals surface area contributed by atoms with Gasteiger partial charge in [0.25, 0.3) is 5.91 Å². The zero-order valence-electron chi connectivity index (χ0n) is 18.8. The van der Waals surface area contributed by atoms with Crippen LogP contribution in [0.4, 0.5) is 4.39 Å². The van der Waals surface area contributed by atoms with E-state index in [1.807, 2.05) is 31.2 Å². The molecule has 2 amide bonds. The number of halogens is 1. The molecular weight excluding hydrogens is 419 g/mol. The molecule has 0 aliphatic carbocycles. The number of amides is 2. The lowest BCUT2D eigenvalue weighted by molar-refractivity contribution is -0.125. The Balaban J connectivity index is 1.52. The Labute approximate surface area is 193 Å². The first-order valence-electron chi connectivity index (χ1n) is 11.0. The molecule has 3 aromatic carbocycles. The third kappa shape index (κ3) is 5.22. The molecule has 1 saturated heterocycles. The van der Waals surface area contributed by atoms with Gasteiger partial charge in [-0.2, -0.15) is 0 Å². The lowest BCUT2D eigenvalue weighted by Crippen LogP contribution is -2.35. The van der Waals surface area contributed by atoms with Crippen molar-refractivity contribution in [1.82, 2.24) is 10.2 Å². The number of aryl methyl sites for hydroxylation is 1. The first-order chi connectivity index (χ1) is 15.9. The van der Waals surface area contributed by atoms with Gasteiger partial charge < -0.3 is 15.0 Å². The number of benzene rings is 3. The predicted molar refractivity (Wildman–Crippen MR) is 125 cm³/mol. The number of hydrogen-bond acceptors (Lipinski definition) is 3. The minimum Gasteiger partial charge on any atom is -0.497 e. The molecule has 3 aromatic rings. The lowest BCUT2D eigenvalue weighted by Gasteiger charge is -2.18. The lowest BCUT2D eigenvalue weighted by atomic mass is 9.88. The van der Waals surface area contributed by atoms with Crippen LogP contribution in [0.5, 0.6) is 5.75 Å². The molecule has 1 fully saturated rings. The monoisotopic (exact) mass is 446 g/mol. The third-order valence-corrected chi connectivity index (χ3v) is 6.17. The molecule has 0 saturated carbocycles. The molecule has 0 bridgehead atoms. The molecule has 4 rings (SSSR count). The quantitative estimate of drug-likeness (QED) is 0.614. The number of rotatable bonds is 6. The maximum absolute atomic E-state index is 13.2. The van der Waals surface area contributed by atoms with E-state index >= 15 is 0 Å². The second-order valence-electron chi connectivity index (χ2n) is 8.41.